The van der Waals surface area contributed by atoms with Crippen molar-refractivity contribution in [2.75, 3.05) is 6.67 Å². The maximum atomic E-state index is 3.94. The van der Waals surface area contributed by atoms with E-state index in [-0.39, 0.29) is 0 Å². The van der Waals surface area contributed by atoms with E-state index in [1.54, 1.807) is 24.6 Å². The molecule has 0 rings (SSSR count). The number of hydrogen-bond donors (Lipinski definition) is 0. The lowest BCUT2D eigenvalue weighted by Gasteiger charge is -1.84. The van der Waals surface area contributed by atoms with Crippen LogP contribution in [0.2, 0.25) is 0 Å². The molecule has 3 heteroatoms. The Morgan fingerprint density at radius 2 is 2.25 bits per heavy atom. The van der Waals surface area contributed by atoms with Crippen LogP contribution in [-0.2, 0) is 0 Å². The smallest absolute Gasteiger partial charge is 0.128 e. The Bertz CT molecular complexity index is 224. The van der Waals surface area contributed by atoms with Gasteiger partial charge in [-0.1, -0.05) is 6.58 Å². The quantitative estimate of drug-likeness (QED) is 0.438. The average molecular weight is 163 g/mol. The van der Waals surface area contributed by atoms with Crippen molar-refractivity contribution in [3.8, 4) is 0 Å². The van der Waals surface area contributed by atoms with Crippen molar-refractivity contribution in [1.82, 2.24) is 0 Å². The van der Waals surface area contributed by atoms with Gasteiger partial charge in [0, 0.05) is 12.4 Å². The second kappa shape index (κ2) is 7.60. The van der Waals surface area contributed by atoms with Gasteiger partial charge in [-0.3, -0.25) is 15.0 Å². The molecule has 3 nitrogen and oxygen atoms in total. The van der Waals surface area contributed by atoms with Crippen LogP contribution in [-0.4, -0.2) is 25.8 Å². The Morgan fingerprint density at radius 3 is 2.83 bits per heavy atom. The van der Waals surface area contributed by atoms with Crippen molar-refractivity contribution in [2.24, 2.45) is 15.0 Å². The van der Waals surface area contributed by atoms with Crippen LogP contribution in [0.25, 0.3) is 0 Å². The zero-order valence-electron chi connectivity index (χ0n) is 7.27. The molecular formula is C9H13N3. The van der Waals surface area contributed by atoms with Gasteiger partial charge in [0.25, 0.3) is 0 Å². The molecule has 0 aromatic rings. The minimum atomic E-state index is 0.397. The molecule has 0 saturated heterocycles. The van der Waals surface area contributed by atoms with E-state index in [1.807, 2.05) is 6.92 Å². The second-order valence-corrected chi connectivity index (χ2v) is 1.93. The fraction of sp³-hybridized carbons (Fsp3) is 0.222. The van der Waals surface area contributed by atoms with E-state index in [1.165, 1.54) is 0 Å². The second-order valence-electron chi connectivity index (χ2n) is 1.93. The molecule has 0 amide bonds. The minimum Gasteiger partial charge on any atom is -0.278 e. The van der Waals surface area contributed by atoms with E-state index in [0.29, 0.717) is 12.4 Å². The summed E-state index contributed by atoms with van der Waals surface area (Å²) in [5.41, 5.74) is 0.704. The van der Waals surface area contributed by atoms with Gasteiger partial charge in [-0.25, -0.2) is 0 Å². The van der Waals surface area contributed by atoms with Crippen LogP contribution in [0.15, 0.2) is 39.4 Å². The molecule has 0 radical (unpaired) electrons. The van der Waals surface area contributed by atoms with E-state index < -0.39 is 0 Å². The molecule has 0 N–H and O–H groups in total. The Morgan fingerprint density at radius 1 is 1.50 bits per heavy atom. The normalized spacial score (nSPS) is 11.8. The van der Waals surface area contributed by atoms with E-state index in [2.05, 4.69) is 28.3 Å². The molecule has 0 spiro atoms. The Labute approximate surface area is 73.0 Å². The first-order valence-electron chi connectivity index (χ1n) is 3.57. The molecule has 0 fully saturated rings. The molecule has 0 aliphatic heterocycles. The average Bonchev–Trinajstić information content (AvgIpc) is 2.05. The maximum Gasteiger partial charge on any atom is 0.128 e. The zero-order valence-corrected chi connectivity index (χ0v) is 7.27. The Balaban J connectivity index is 3.75. The standard InChI is InChI=1S/C9H13N3/c1-4-12-9(2)6-5-7-11-8-10-3/h4-7H,2-3,8H2,1H3/b6-5-,11-7-,12-4-. The molecule has 0 aliphatic rings. The predicted molar refractivity (Wildman–Crippen MR) is 55.4 cm³/mol. The van der Waals surface area contributed by atoms with E-state index in [4.69, 9.17) is 0 Å². The molecule has 0 atom stereocenters. The fourth-order valence-corrected chi connectivity index (χ4v) is 0.529. The van der Waals surface area contributed by atoms with Crippen molar-refractivity contribution < 1.29 is 0 Å². The maximum absolute atomic E-state index is 3.94. The number of hydrogen-bond acceptors (Lipinski definition) is 3. The van der Waals surface area contributed by atoms with Crippen LogP contribution in [0, 0.1) is 0 Å². The van der Waals surface area contributed by atoms with Gasteiger partial charge in [-0.2, -0.15) is 0 Å². The number of rotatable bonds is 5. The van der Waals surface area contributed by atoms with Crippen molar-refractivity contribution in [1.29, 1.82) is 0 Å². The molecule has 0 heterocycles. The lowest BCUT2D eigenvalue weighted by molar-refractivity contribution is 1.09. The third-order valence-corrected chi connectivity index (χ3v) is 0.957. The summed E-state index contributed by atoms with van der Waals surface area (Å²) in [6, 6.07) is 0. The lowest BCUT2D eigenvalue weighted by atomic mass is 10.4. The van der Waals surface area contributed by atoms with Gasteiger partial charge in [0.15, 0.2) is 0 Å². The number of allylic oxidation sites excluding steroid dienone is 2. The first kappa shape index (κ1) is 10.5. The number of nitrogens with zero attached hydrogens (tertiary/aromatic N) is 3. The molecular weight excluding hydrogens is 150 g/mol. The SMILES string of the molecule is C=NC/N=C\C=C/C(=C)/N=C\C. The third kappa shape index (κ3) is 6.61. The summed E-state index contributed by atoms with van der Waals surface area (Å²) >= 11 is 0. The lowest BCUT2D eigenvalue weighted by Crippen LogP contribution is -1.73. The summed E-state index contributed by atoms with van der Waals surface area (Å²) < 4.78 is 0. The van der Waals surface area contributed by atoms with Gasteiger partial charge in [-0.15, -0.1) is 0 Å². The van der Waals surface area contributed by atoms with Gasteiger partial charge in [-0.05, 0) is 25.8 Å². The highest BCUT2D eigenvalue weighted by Gasteiger charge is 1.75. The fourth-order valence-electron chi connectivity index (χ4n) is 0.529. The summed E-state index contributed by atoms with van der Waals surface area (Å²) in [5.74, 6) is 0. The summed E-state index contributed by atoms with van der Waals surface area (Å²) in [5, 5.41) is 0. The molecule has 0 aromatic heterocycles. The van der Waals surface area contributed by atoms with E-state index >= 15 is 0 Å². The molecule has 0 aromatic carbocycles. The molecule has 0 saturated carbocycles. The highest BCUT2D eigenvalue weighted by molar-refractivity contribution is 5.72. The van der Waals surface area contributed by atoms with Crippen LogP contribution in [0.4, 0.5) is 0 Å². The van der Waals surface area contributed by atoms with Crippen molar-refractivity contribution in [3.05, 3.63) is 24.4 Å². The van der Waals surface area contributed by atoms with Crippen LogP contribution in [0.1, 0.15) is 6.92 Å². The Kier molecular flexibility index (Phi) is 6.64. The summed E-state index contributed by atoms with van der Waals surface area (Å²) in [7, 11) is 0. The summed E-state index contributed by atoms with van der Waals surface area (Å²) in [4.78, 5) is 11.4. The molecule has 12 heavy (non-hydrogen) atoms. The Hall–Kier alpha value is -1.51. The van der Waals surface area contributed by atoms with Crippen molar-refractivity contribution in [2.45, 2.75) is 6.92 Å². The summed E-state index contributed by atoms with van der Waals surface area (Å²) in [6.07, 6.45) is 6.87. The highest BCUT2D eigenvalue weighted by atomic mass is 14.9. The van der Waals surface area contributed by atoms with Crippen LogP contribution >= 0.6 is 0 Å². The summed E-state index contributed by atoms with van der Waals surface area (Å²) in [6.45, 7) is 9.21. The molecule has 0 unspecified atom stereocenters. The van der Waals surface area contributed by atoms with Crippen molar-refractivity contribution in [3.63, 3.8) is 0 Å². The number of aliphatic imine (C=N–C) groups is 3. The van der Waals surface area contributed by atoms with Gasteiger partial charge in [0.05, 0.1) is 5.70 Å². The minimum absolute atomic E-state index is 0.397. The first-order valence-corrected chi connectivity index (χ1v) is 3.57. The monoisotopic (exact) mass is 163 g/mol. The van der Waals surface area contributed by atoms with E-state index in [0.717, 1.165) is 0 Å². The topological polar surface area (TPSA) is 37.1 Å². The van der Waals surface area contributed by atoms with Crippen LogP contribution < -0.4 is 0 Å². The van der Waals surface area contributed by atoms with Crippen LogP contribution in [0.5, 0.6) is 0 Å². The van der Waals surface area contributed by atoms with Gasteiger partial charge in [0.1, 0.15) is 6.67 Å². The first-order chi connectivity index (χ1) is 5.81. The van der Waals surface area contributed by atoms with Crippen molar-refractivity contribution >= 4 is 19.1 Å². The third-order valence-electron chi connectivity index (χ3n) is 0.957. The molecule has 0 bridgehead atoms. The zero-order chi connectivity index (χ0) is 9.23. The van der Waals surface area contributed by atoms with Gasteiger partial charge in [0.2, 0.25) is 0 Å². The highest BCUT2D eigenvalue weighted by Crippen LogP contribution is 1.91. The van der Waals surface area contributed by atoms with E-state index in [9.17, 15) is 0 Å². The van der Waals surface area contributed by atoms with Gasteiger partial charge < -0.3 is 0 Å². The molecule has 0 aliphatic carbocycles. The van der Waals surface area contributed by atoms with Gasteiger partial charge >= 0.3 is 0 Å². The molecule has 64 valence electrons. The predicted octanol–water partition coefficient (Wildman–Crippen LogP) is 1.88. The largest absolute Gasteiger partial charge is 0.278 e. The van der Waals surface area contributed by atoms with Crippen LogP contribution in [0.3, 0.4) is 0 Å².